The quantitative estimate of drug-likeness (QED) is 0.488. The van der Waals surface area contributed by atoms with Gasteiger partial charge in [-0.1, -0.05) is 23.4 Å². The Bertz CT molecular complexity index is 1440. The van der Waals surface area contributed by atoms with Crippen LogP contribution in [0.2, 0.25) is 0 Å². The second-order valence-electron chi connectivity index (χ2n) is 7.86. The lowest BCUT2D eigenvalue weighted by Gasteiger charge is -2.16. The largest absolute Gasteiger partial charge is 0.476 e. The Hall–Kier alpha value is -4.18. The maximum atomic E-state index is 13.7. The van der Waals surface area contributed by atoms with E-state index in [1.165, 1.54) is 17.0 Å². The van der Waals surface area contributed by atoms with Gasteiger partial charge in [0, 0.05) is 48.7 Å². The third kappa shape index (κ3) is 3.40. The van der Waals surface area contributed by atoms with Gasteiger partial charge in [0.1, 0.15) is 11.5 Å². The summed E-state index contributed by atoms with van der Waals surface area (Å²) in [5.74, 6) is -1.86. The van der Waals surface area contributed by atoms with Crippen molar-refractivity contribution in [1.82, 2.24) is 20.0 Å². The van der Waals surface area contributed by atoms with E-state index in [0.29, 0.717) is 23.4 Å². The molecule has 1 aliphatic rings. The first-order valence-corrected chi connectivity index (χ1v) is 10.0. The number of aromatic carboxylic acids is 1. The molecule has 2 aromatic carbocycles. The van der Waals surface area contributed by atoms with E-state index in [-0.39, 0.29) is 34.5 Å². The molecule has 1 fully saturated rings. The minimum Gasteiger partial charge on any atom is -0.476 e. The molecular weight excluding hydrogens is 431 g/mol. The van der Waals surface area contributed by atoms with Gasteiger partial charge in [0.25, 0.3) is 5.91 Å². The van der Waals surface area contributed by atoms with Crippen molar-refractivity contribution in [3.63, 3.8) is 0 Å². The highest BCUT2D eigenvalue weighted by molar-refractivity contribution is 6.01. The van der Waals surface area contributed by atoms with Crippen LogP contribution in [0.25, 0.3) is 33.6 Å². The molecule has 0 aliphatic carbocycles. The number of hydrogen-bond acceptors (Lipinski definition) is 7. The number of rotatable bonds is 4. The average molecular weight is 448 g/mol. The number of nitrogens with zero attached hydrogens (tertiary/aromatic N) is 4. The van der Waals surface area contributed by atoms with Crippen molar-refractivity contribution in [3.8, 4) is 22.7 Å². The normalized spacial score (nSPS) is 18.3. The SMILES string of the molecule is CN1CCC(O)(c2cc(-c3cccc(-c4nc(C(=O)O)c5ccc(F)cc5n4)c3)on2)C1=O. The summed E-state index contributed by atoms with van der Waals surface area (Å²) in [6, 6.07) is 11.9. The maximum Gasteiger partial charge on any atom is 0.355 e. The van der Waals surface area contributed by atoms with Gasteiger partial charge in [0.2, 0.25) is 0 Å². The van der Waals surface area contributed by atoms with E-state index in [2.05, 4.69) is 15.1 Å². The number of aliphatic hydroxyl groups is 1. The van der Waals surface area contributed by atoms with E-state index in [9.17, 15) is 24.2 Å². The lowest BCUT2D eigenvalue weighted by Crippen LogP contribution is -2.36. The number of halogens is 1. The van der Waals surface area contributed by atoms with Crippen LogP contribution in [0.4, 0.5) is 4.39 Å². The lowest BCUT2D eigenvalue weighted by molar-refractivity contribution is -0.143. The number of fused-ring (bicyclic) bond motifs is 1. The van der Waals surface area contributed by atoms with E-state index in [4.69, 9.17) is 4.52 Å². The van der Waals surface area contributed by atoms with Gasteiger partial charge >= 0.3 is 5.97 Å². The minimum atomic E-state index is -1.74. The van der Waals surface area contributed by atoms with E-state index in [1.54, 1.807) is 31.3 Å². The lowest BCUT2D eigenvalue weighted by atomic mass is 9.97. The van der Waals surface area contributed by atoms with E-state index in [1.807, 2.05) is 0 Å². The number of carbonyl (C=O) groups excluding carboxylic acids is 1. The van der Waals surface area contributed by atoms with E-state index < -0.39 is 23.3 Å². The van der Waals surface area contributed by atoms with Crippen LogP contribution in [-0.4, -0.2) is 55.7 Å². The van der Waals surface area contributed by atoms with Crippen molar-refractivity contribution in [2.75, 3.05) is 13.6 Å². The highest BCUT2D eigenvalue weighted by atomic mass is 19.1. The Kier molecular flexibility index (Phi) is 4.68. The fraction of sp³-hybridized carbons (Fsp3) is 0.174. The summed E-state index contributed by atoms with van der Waals surface area (Å²) in [7, 11) is 1.60. The Morgan fingerprint density at radius 2 is 1.94 bits per heavy atom. The monoisotopic (exact) mass is 448 g/mol. The van der Waals surface area contributed by atoms with Crippen LogP contribution in [-0.2, 0) is 10.4 Å². The molecular formula is C23H17FN4O5. The summed E-state index contributed by atoms with van der Waals surface area (Å²) < 4.78 is 19.1. The molecule has 1 unspecified atom stereocenters. The number of aromatic nitrogens is 3. The van der Waals surface area contributed by atoms with Crippen LogP contribution in [0.5, 0.6) is 0 Å². The van der Waals surface area contributed by atoms with Crippen molar-refractivity contribution in [1.29, 1.82) is 0 Å². The molecule has 0 saturated carbocycles. The molecule has 1 saturated heterocycles. The second-order valence-corrected chi connectivity index (χ2v) is 7.86. The Balaban J connectivity index is 1.56. The summed E-state index contributed by atoms with van der Waals surface area (Å²) in [4.78, 5) is 34.0. The van der Waals surface area contributed by atoms with Crippen molar-refractivity contribution < 1.29 is 28.7 Å². The second kappa shape index (κ2) is 7.45. The van der Waals surface area contributed by atoms with Gasteiger partial charge in [0.05, 0.1) is 5.52 Å². The molecule has 5 rings (SSSR count). The average Bonchev–Trinajstić information content (AvgIpc) is 3.40. The zero-order chi connectivity index (χ0) is 23.3. The Labute approximate surface area is 186 Å². The summed E-state index contributed by atoms with van der Waals surface area (Å²) in [5.41, 5.74) is -0.689. The highest BCUT2D eigenvalue weighted by Crippen LogP contribution is 2.35. The molecule has 10 heteroatoms. The molecule has 4 aromatic rings. The van der Waals surface area contributed by atoms with Crippen LogP contribution in [0, 0.1) is 5.82 Å². The molecule has 1 aliphatic heterocycles. The number of likely N-dealkylation sites (tertiary alicyclic amines) is 1. The first kappa shape index (κ1) is 20.7. The third-order valence-electron chi connectivity index (χ3n) is 5.71. The van der Waals surface area contributed by atoms with Crippen molar-refractivity contribution in [2.24, 2.45) is 0 Å². The van der Waals surface area contributed by atoms with Crippen molar-refractivity contribution in [2.45, 2.75) is 12.0 Å². The van der Waals surface area contributed by atoms with Crippen LogP contribution in [0.15, 0.2) is 53.1 Å². The first-order chi connectivity index (χ1) is 15.8. The number of carboxylic acid groups (broad SMARTS) is 1. The highest BCUT2D eigenvalue weighted by Gasteiger charge is 2.47. The Morgan fingerprint density at radius 1 is 1.15 bits per heavy atom. The molecule has 33 heavy (non-hydrogen) atoms. The molecule has 166 valence electrons. The van der Waals surface area contributed by atoms with E-state index in [0.717, 1.165) is 12.1 Å². The molecule has 0 spiro atoms. The fourth-order valence-electron chi connectivity index (χ4n) is 3.90. The fourth-order valence-corrected chi connectivity index (χ4v) is 3.90. The third-order valence-corrected chi connectivity index (χ3v) is 5.71. The van der Waals surface area contributed by atoms with Gasteiger partial charge in [-0.05, 0) is 18.2 Å². The van der Waals surface area contributed by atoms with Gasteiger partial charge in [0.15, 0.2) is 22.9 Å². The van der Waals surface area contributed by atoms with Gasteiger partial charge in [-0.3, -0.25) is 4.79 Å². The number of benzene rings is 2. The molecule has 2 N–H and O–H groups in total. The molecule has 2 aromatic heterocycles. The van der Waals surface area contributed by atoms with Crippen LogP contribution >= 0.6 is 0 Å². The zero-order valence-corrected chi connectivity index (χ0v) is 17.3. The number of carboxylic acids is 1. The number of carbonyl (C=O) groups is 2. The zero-order valence-electron chi connectivity index (χ0n) is 17.3. The predicted molar refractivity (Wildman–Crippen MR) is 114 cm³/mol. The van der Waals surface area contributed by atoms with Gasteiger partial charge < -0.3 is 19.6 Å². The van der Waals surface area contributed by atoms with Crippen LogP contribution < -0.4 is 0 Å². The van der Waals surface area contributed by atoms with Gasteiger partial charge in [-0.25, -0.2) is 19.2 Å². The summed E-state index contributed by atoms with van der Waals surface area (Å²) in [6.45, 7) is 0.402. The van der Waals surface area contributed by atoms with Crippen molar-refractivity contribution in [3.05, 3.63) is 65.7 Å². The minimum absolute atomic E-state index is 0.0957. The standard InChI is InChI=1S/C23H17FN4O5/c1-28-8-7-23(32,22(28)31)18-11-17(33-27-18)12-3-2-4-13(9-12)20-25-16-10-14(24)5-6-15(16)19(26-20)21(29)30/h2-6,9-11,32H,7-8H2,1H3,(H,29,30). The number of amides is 1. The summed E-state index contributed by atoms with van der Waals surface area (Å²) >= 11 is 0. The summed E-state index contributed by atoms with van der Waals surface area (Å²) in [6.07, 6.45) is 0.202. The maximum absolute atomic E-state index is 13.7. The number of likely N-dealkylation sites (N-methyl/N-ethyl adjacent to an activating group) is 1. The molecule has 1 atom stereocenters. The Morgan fingerprint density at radius 3 is 2.67 bits per heavy atom. The molecule has 3 heterocycles. The molecule has 1 amide bonds. The van der Waals surface area contributed by atoms with E-state index >= 15 is 0 Å². The summed E-state index contributed by atoms with van der Waals surface area (Å²) in [5, 5.41) is 24.5. The smallest absolute Gasteiger partial charge is 0.355 e. The van der Waals surface area contributed by atoms with Crippen molar-refractivity contribution >= 4 is 22.8 Å². The first-order valence-electron chi connectivity index (χ1n) is 10.0. The topological polar surface area (TPSA) is 130 Å². The van der Waals surface area contributed by atoms with Crippen LogP contribution in [0.1, 0.15) is 22.6 Å². The molecule has 0 bridgehead atoms. The molecule has 9 nitrogen and oxygen atoms in total. The number of hydrogen-bond donors (Lipinski definition) is 2. The van der Waals surface area contributed by atoms with Gasteiger partial charge in [-0.2, -0.15) is 0 Å². The molecule has 0 radical (unpaired) electrons. The predicted octanol–water partition coefficient (Wildman–Crippen LogP) is 2.84. The van der Waals surface area contributed by atoms with Gasteiger partial charge in [-0.15, -0.1) is 0 Å². The van der Waals surface area contributed by atoms with Crippen LogP contribution in [0.3, 0.4) is 0 Å².